The number of benzene rings is 1. The average molecular weight is 349 g/mol. The van der Waals surface area contributed by atoms with Crippen molar-refractivity contribution < 1.29 is 14.1 Å². The normalized spacial score (nSPS) is 10.5. The summed E-state index contributed by atoms with van der Waals surface area (Å²) in [5.74, 6) is 1.05. The molecule has 0 spiro atoms. The van der Waals surface area contributed by atoms with E-state index in [9.17, 15) is 4.79 Å². The Morgan fingerprint density at radius 3 is 2.87 bits per heavy atom. The third-order valence-corrected chi connectivity index (χ3v) is 4.11. The molecule has 118 valence electrons. The molecule has 0 bridgehead atoms. The van der Waals surface area contributed by atoms with E-state index in [0.29, 0.717) is 22.2 Å². The van der Waals surface area contributed by atoms with E-state index in [1.807, 2.05) is 23.6 Å². The molecule has 0 saturated heterocycles. The SMILES string of the molecule is O=C(COc1ccc(Cl)cc1)NCc1cc(-c2cccs2)on1. The number of hydrogen-bond donors (Lipinski definition) is 1. The Labute approximate surface area is 141 Å². The van der Waals surface area contributed by atoms with Crippen LogP contribution in [0.4, 0.5) is 0 Å². The van der Waals surface area contributed by atoms with Gasteiger partial charge >= 0.3 is 0 Å². The van der Waals surface area contributed by atoms with E-state index >= 15 is 0 Å². The number of hydrogen-bond acceptors (Lipinski definition) is 5. The van der Waals surface area contributed by atoms with E-state index in [4.69, 9.17) is 20.9 Å². The Morgan fingerprint density at radius 1 is 1.30 bits per heavy atom. The summed E-state index contributed by atoms with van der Waals surface area (Å²) in [6, 6.07) is 12.5. The number of aromatic nitrogens is 1. The second-order valence-electron chi connectivity index (χ2n) is 4.68. The number of halogens is 1. The van der Waals surface area contributed by atoms with Crippen LogP contribution in [-0.2, 0) is 11.3 Å². The molecule has 0 aliphatic heterocycles. The molecule has 3 rings (SSSR count). The minimum Gasteiger partial charge on any atom is -0.484 e. The van der Waals surface area contributed by atoms with Gasteiger partial charge in [0.2, 0.25) is 0 Å². The lowest BCUT2D eigenvalue weighted by atomic mass is 10.3. The first kappa shape index (κ1) is 15.6. The summed E-state index contributed by atoms with van der Waals surface area (Å²) >= 11 is 7.35. The first-order valence-electron chi connectivity index (χ1n) is 6.85. The van der Waals surface area contributed by atoms with E-state index in [1.165, 1.54) is 0 Å². The fourth-order valence-corrected chi connectivity index (χ4v) is 2.65. The molecule has 1 N–H and O–H groups in total. The fourth-order valence-electron chi connectivity index (χ4n) is 1.85. The molecule has 0 aliphatic rings. The van der Waals surface area contributed by atoms with Crippen molar-refractivity contribution in [2.45, 2.75) is 6.54 Å². The van der Waals surface area contributed by atoms with Crippen molar-refractivity contribution in [3.63, 3.8) is 0 Å². The zero-order valence-corrected chi connectivity index (χ0v) is 13.6. The average Bonchev–Trinajstić information content (AvgIpc) is 3.23. The van der Waals surface area contributed by atoms with Crippen molar-refractivity contribution in [2.75, 3.05) is 6.61 Å². The third kappa shape index (κ3) is 4.34. The number of ether oxygens (including phenoxy) is 1. The summed E-state index contributed by atoms with van der Waals surface area (Å²) in [6.45, 7) is 0.217. The summed E-state index contributed by atoms with van der Waals surface area (Å²) in [5, 5.41) is 9.25. The van der Waals surface area contributed by atoms with E-state index in [0.717, 1.165) is 4.88 Å². The van der Waals surface area contributed by atoms with Crippen LogP contribution in [0.3, 0.4) is 0 Å². The molecule has 1 aromatic carbocycles. The summed E-state index contributed by atoms with van der Waals surface area (Å²) in [4.78, 5) is 12.8. The third-order valence-electron chi connectivity index (χ3n) is 2.97. The molecule has 7 heteroatoms. The highest BCUT2D eigenvalue weighted by Crippen LogP contribution is 2.25. The maximum atomic E-state index is 11.8. The molecule has 5 nitrogen and oxygen atoms in total. The Bertz CT molecular complexity index is 769. The number of nitrogens with one attached hydrogen (secondary N) is 1. The van der Waals surface area contributed by atoms with E-state index < -0.39 is 0 Å². The smallest absolute Gasteiger partial charge is 0.258 e. The van der Waals surface area contributed by atoms with Crippen molar-refractivity contribution in [2.24, 2.45) is 0 Å². The summed E-state index contributed by atoms with van der Waals surface area (Å²) in [6.07, 6.45) is 0. The maximum Gasteiger partial charge on any atom is 0.258 e. The Balaban J connectivity index is 1.46. The minimum absolute atomic E-state index is 0.0722. The van der Waals surface area contributed by atoms with Crippen LogP contribution in [-0.4, -0.2) is 17.7 Å². The second-order valence-corrected chi connectivity index (χ2v) is 6.06. The lowest BCUT2D eigenvalue weighted by molar-refractivity contribution is -0.123. The molecule has 0 fully saturated rings. The van der Waals surface area contributed by atoms with Crippen LogP contribution in [0.15, 0.2) is 52.4 Å². The zero-order chi connectivity index (χ0) is 16.1. The van der Waals surface area contributed by atoms with Crippen molar-refractivity contribution in [1.29, 1.82) is 0 Å². The first-order chi connectivity index (χ1) is 11.2. The van der Waals surface area contributed by atoms with Crippen LogP contribution < -0.4 is 10.1 Å². The van der Waals surface area contributed by atoms with Crippen molar-refractivity contribution >= 4 is 28.8 Å². The lowest BCUT2D eigenvalue weighted by Crippen LogP contribution is -2.28. The molecule has 23 heavy (non-hydrogen) atoms. The number of rotatable bonds is 6. The van der Waals surface area contributed by atoms with Crippen molar-refractivity contribution in [1.82, 2.24) is 10.5 Å². The van der Waals surface area contributed by atoms with Crippen LogP contribution in [0.1, 0.15) is 5.69 Å². The van der Waals surface area contributed by atoms with Gasteiger partial charge in [-0.25, -0.2) is 0 Å². The highest BCUT2D eigenvalue weighted by Gasteiger charge is 2.09. The summed E-state index contributed by atoms with van der Waals surface area (Å²) in [5.41, 5.74) is 0.660. The van der Waals surface area contributed by atoms with Crippen LogP contribution in [0, 0.1) is 0 Å². The van der Waals surface area contributed by atoms with Gasteiger partial charge in [0.15, 0.2) is 12.4 Å². The maximum absolute atomic E-state index is 11.8. The van der Waals surface area contributed by atoms with Gasteiger partial charge in [-0.05, 0) is 35.7 Å². The molecule has 3 aromatic rings. The van der Waals surface area contributed by atoms with Crippen LogP contribution in [0.5, 0.6) is 5.75 Å². The molecular formula is C16H13ClN2O3S. The highest BCUT2D eigenvalue weighted by molar-refractivity contribution is 7.13. The quantitative estimate of drug-likeness (QED) is 0.736. The number of amides is 1. The van der Waals surface area contributed by atoms with E-state index in [-0.39, 0.29) is 19.1 Å². The monoisotopic (exact) mass is 348 g/mol. The van der Waals surface area contributed by atoms with E-state index in [2.05, 4.69) is 10.5 Å². The standard InChI is InChI=1S/C16H13ClN2O3S/c17-11-3-5-13(6-4-11)21-10-16(20)18-9-12-8-14(22-19-12)15-2-1-7-23-15/h1-8H,9-10H2,(H,18,20). The summed E-state index contributed by atoms with van der Waals surface area (Å²) < 4.78 is 10.6. The van der Waals surface area contributed by atoms with Gasteiger partial charge in [0.1, 0.15) is 11.4 Å². The number of thiophene rings is 1. The highest BCUT2D eigenvalue weighted by atomic mass is 35.5. The topological polar surface area (TPSA) is 64.4 Å². The van der Waals surface area contributed by atoms with Crippen LogP contribution >= 0.6 is 22.9 Å². The number of carbonyl (C=O) groups is 1. The van der Waals surface area contributed by atoms with E-state index in [1.54, 1.807) is 35.6 Å². The second kappa shape index (κ2) is 7.30. The minimum atomic E-state index is -0.236. The molecule has 0 unspecified atom stereocenters. The molecule has 2 aromatic heterocycles. The van der Waals surface area contributed by atoms with Crippen LogP contribution in [0.2, 0.25) is 5.02 Å². The first-order valence-corrected chi connectivity index (χ1v) is 8.11. The Hall–Kier alpha value is -2.31. The Kier molecular flexibility index (Phi) is 4.95. The lowest BCUT2D eigenvalue weighted by Gasteiger charge is -2.06. The number of carbonyl (C=O) groups excluding carboxylic acids is 1. The van der Waals surface area contributed by atoms with Gasteiger partial charge in [-0.1, -0.05) is 22.8 Å². The molecule has 0 aliphatic carbocycles. The molecule has 0 radical (unpaired) electrons. The molecule has 1 amide bonds. The van der Waals surface area contributed by atoms with Crippen molar-refractivity contribution in [3.05, 3.63) is 58.6 Å². The fraction of sp³-hybridized carbons (Fsp3) is 0.125. The predicted molar refractivity (Wildman–Crippen MR) is 88.6 cm³/mol. The van der Waals surface area contributed by atoms with Gasteiger partial charge in [-0.3, -0.25) is 4.79 Å². The molecule has 0 saturated carbocycles. The molecule has 0 atom stereocenters. The van der Waals surface area contributed by atoms with Gasteiger partial charge in [-0.15, -0.1) is 11.3 Å². The van der Waals surface area contributed by atoms with Crippen LogP contribution in [0.25, 0.3) is 10.6 Å². The predicted octanol–water partition coefficient (Wildman–Crippen LogP) is 3.75. The van der Waals surface area contributed by atoms with Gasteiger partial charge in [0.25, 0.3) is 5.91 Å². The molecular weight excluding hydrogens is 336 g/mol. The molecule has 2 heterocycles. The zero-order valence-electron chi connectivity index (χ0n) is 12.0. The summed E-state index contributed by atoms with van der Waals surface area (Å²) in [7, 11) is 0. The van der Waals surface area contributed by atoms with Gasteiger partial charge in [0, 0.05) is 11.1 Å². The number of nitrogens with zero attached hydrogens (tertiary/aromatic N) is 1. The Morgan fingerprint density at radius 2 is 2.13 bits per heavy atom. The van der Waals surface area contributed by atoms with Gasteiger partial charge in [-0.2, -0.15) is 0 Å². The van der Waals surface area contributed by atoms with Gasteiger partial charge < -0.3 is 14.6 Å². The van der Waals surface area contributed by atoms with Gasteiger partial charge in [0.05, 0.1) is 11.4 Å². The van der Waals surface area contributed by atoms with Crippen molar-refractivity contribution in [3.8, 4) is 16.4 Å². The largest absolute Gasteiger partial charge is 0.484 e.